The molecule has 0 bridgehead atoms. The summed E-state index contributed by atoms with van der Waals surface area (Å²) in [7, 11) is 3.99. The molecule has 2 N–H and O–H groups in total. The second-order valence-corrected chi connectivity index (χ2v) is 4.31. The molecule has 1 aromatic carbocycles. The topological polar surface area (TPSA) is 48.4 Å². The molecular weight excluding hydrogens is 226 g/mol. The average molecular weight is 243 g/mol. The van der Waals surface area contributed by atoms with E-state index in [4.69, 9.17) is 0 Å². The van der Waals surface area contributed by atoms with Crippen LogP contribution in [0.5, 0.6) is 5.75 Å². The van der Waals surface area contributed by atoms with Gasteiger partial charge in [-0.3, -0.25) is 4.98 Å². The van der Waals surface area contributed by atoms with Gasteiger partial charge in [0, 0.05) is 26.8 Å². The number of benzene rings is 1. The number of aromatic hydroxyl groups is 1. The summed E-state index contributed by atoms with van der Waals surface area (Å²) in [4.78, 5) is 6.15. The van der Waals surface area contributed by atoms with E-state index in [2.05, 4.69) is 10.3 Å². The third-order valence-electron chi connectivity index (χ3n) is 2.67. The smallest absolute Gasteiger partial charge is 0.115 e. The standard InChI is InChI=1S/C14H17N3O/c1-17(2)14-6-7-15-10-13(14)16-9-11-4-3-5-12(18)8-11/h3-8,10,16,18H,9H2,1-2H3. The van der Waals surface area contributed by atoms with Crippen molar-refractivity contribution in [2.24, 2.45) is 0 Å². The van der Waals surface area contributed by atoms with Crippen molar-refractivity contribution < 1.29 is 5.11 Å². The van der Waals surface area contributed by atoms with Gasteiger partial charge in [0.15, 0.2) is 0 Å². The molecule has 4 nitrogen and oxygen atoms in total. The van der Waals surface area contributed by atoms with Crippen molar-refractivity contribution in [1.82, 2.24) is 4.98 Å². The highest BCUT2D eigenvalue weighted by Crippen LogP contribution is 2.23. The molecule has 0 atom stereocenters. The molecule has 18 heavy (non-hydrogen) atoms. The van der Waals surface area contributed by atoms with Gasteiger partial charge in [-0.2, -0.15) is 0 Å². The highest BCUT2D eigenvalue weighted by Gasteiger charge is 2.03. The Morgan fingerprint density at radius 3 is 2.83 bits per heavy atom. The fourth-order valence-electron chi connectivity index (χ4n) is 1.78. The summed E-state index contributed by atoms with van der Waals surface area (Å²) in [5.74, 6) is 0.285. The van der Waals surface area contributed by atoms with Crippen LogP contribution in [0.25, 0.3) is 0 Å². The number of hydrogen-bond acceptors (Lipinski definition) is 4. The Hall–Kier alpha value is -2.23. The van der Waals surface area contributed by atoms with E-state index >= 15 is 0 Å². The molecule has 0 saturated carbocycles. The second-order valence-electron chi connectivity index (χ2n) is 4.31. The van der Waals surface area contributed by atoms with Crippen LogP contribution < -0.4 is 10.2 Å². The number of hydrogen-bond donors (Lipinski definition) is 2. The normalized spacial score (nSPS) is 10.1. The molecular formula is C14H17N3O. The van der Waals surface area contributed by atoms with Gasteiger partial charge in [0.1, 0.15) is 5.75 Å². The third kappa shape index (κ3) is 2.91. The molecule has 0 spiro atoms. The predicted octanol–water partition coefficient (Wildman–Crippen LogP) is 2.47. The van der Waals surface area contributed by atoms with Crippen molar-refractivity contribution in [3.05, 3.63) is 48.3 Å². The van der Waals surface area contributed by atoms with Gasteiger partial charge in [0.25, 0.3) is 0 Å². The molecule has 0 aliphatic carbocycles. The fraction of sp³-hybridized carbons (Fsp3) is 0.214. The van der Waals surface area contributed by atoms with Crippen molar-refractivity contribution in [3.63, 3.8) is 0 Å². The van der Waals surface area contributed by atoms with E-state index in [1.807, 2.05) is 37.2 Å². The van der Waals surface area contributed by atoms with E-state index in [1.54, 1.807) is 24.5 Å². The van der Waals surface area contributed by atoms with Gasteiger partial charge >= 0.3 is 0 Å². The number of anilines is 2. The van der Waals surface area contributed by atoms with Crippen LogP contribution in [-0.4, -0.2) is 24.2 Å². The Bertz CT molecular complexity index is 526. The summed E-state index contributed by atoms with van der Waals surface area (Å²) in [5, 5.41) is 12.7. The van der Waals surface area contributed by atoms with Crippen LogP contribution in [0.15, 0.2) is 42.7 Å². The van der Waals surface area contributed by atoms with Crippen LogP contribution in [0.1, 0.15) is 5.56 Å². The second kappa shape index (κ2) is 5.40. The minimum absolute atomic E-state index is 0.285. The zero-order valence-electron chi connectivity index (χ0n) is 10.6. The minimum atomic E-state index is 0.285. The molecule has 0 saturated heterocycles. The quantitative estimate of drug-likeness (QED) is 0.866. The Labute approximate surface area is 107 Å². The molecule has 0 radical (unpaired) electrons. The predicted molar refractivity (Wildman–Crippen MR) is 74.0 cm³/mol. The molecule has 0 aliphatic rings. The number of phenolic OH excluding ortho intramolecular Hbond substituents is 1. The summed E-state index contributed by atoms with van der Waals surface area (Å²) in [6.45, 7) is 0.654. The molecule has 2 rings (SSSR count). The number of nitrogens with one attached hydrogen (secondary N) is 1. The summed E-state index contributed by atoms with van der Waals surface area (Å²) in [5.41, 5.74) is 3.10. The Morgan fingerprint density at radius 2 is 2.11 bits per heavy atom. The molecule has 0 fully saturated rings. The first-order valence-corrected chi connectivity index (χ1v) is 5.80. The van der Waals surface area contributed by atoms with E-state index in [9.17, 15) is 5.11 Å². The van der Waals surface area contributed by atoms with Gasteiger partial charge in [-0.15, -0.1) is 0 Å². The number of phenols is 1. The lowest BCUT2D eigenvalue weighted by Gasteiger charge is -2.17. The van der Waals surface area contributed by atoms with Crippen LogP contribution in [0.4, 0.5) is 11.4 Å². The van der Waals surface area contributed by atoms with E-state index in [0.717, 1.165) is 16.9 Å². The van der Waals surface area contributed by atoms with Crippen LogP contribution in [-0.2, 0) is 6.54 Å². The lowest BCUT2D eigenvalue weighted by molar-refractivity contribution is 0.474. The van der Waals surface area contributed by atoms with Crippen LogP contribution in [0.3, 0.4) is 0 Å². The maximum atomic E-state index is 9.40. The molecule has 2 aromatic rings. The van der Waals surface area contributed by atoms with E-state index in [1.165, 1.54) is 0 Å². The average Bonchev–Trinajstić information content (AvgIpc) is 2.37. The van der Waals surface area contributed by atoms with Gasteiger partial charge in [0.05, 0.1) is 17.6 Å². The lowest BCUT2D eigenvalue weighted by atomic mass is 10.2. The van der Waals surface area contributed by atoms with Crippen molar-refractivity contribution in [2.45, 2.75) is 6.54 Å². The monoisotopic (exact) mass is 243 g/mol. The van der Waals surface area contributed by atoms with Gasteiger partial charge in [-0.05, 0) is 23.8 Å². The van der Waals surface area contributed by atoms with Gasteiger partial charge in [0.2, 0.25) is 0 Å². The number of pyridine rings is 1. The van der Waals surface area contributed by atoms with Gasteiger partial charge in [-0.25, -0.2) is 0 Å². The van der Waals surface area contributed by atoms with Gasteiger partial charge < -0.3 is 15.3 Å². The first-order chi connectivity index (χ1) is 8.66. The van der Waals surface area contributed by atoms with Gasteiger partial charge in [-0.1, -0.05) is 12.1 Å². The van der Waals surface area contributed by atoms with Crippen molar-refractivity contribution in [3.8, 4) is 5.75 Å². The maximum absolute atomic E-state index is 9.40. The largest absolute Gasteiger partial charge is 0.508 e. The lowest BCUT2D eigenvalue weighted by Crippen LogP contribution is -2.12. The molecule has 0 amide bonds. The molecule has 1 heterocycles. The molecule has 4 heteroatoms. The molecule has 0 unspecified atom stereocenters. The van der Waals surface area contributed by atoms with Crippen molar-refractivity contribution in [2.75, 3.05) is 24.3 Å². The molecule has 1 aromatic heterocycles. The Kier molecular flexibility index (Phi) is 3.67. The summed E-state index contributed by atoms with van der Waals surface area (Å²) in [6.07, 6.45) is 3.58. The molecule has 94 valence electrons. The Balaban J connectivity index is 2.11. The summed E-state index contributed by atoms with van der Waals surface area (Å²) < 4.78 is 0. The van der Waals surface area contributed by atoms with E-state index < -0.39 is 0 Å². The Morgan fingerprint density at radius 1 is 1.28 bits per heavy atom. The SMILES string of the molecule is CN(C)c1ccncc1NCc1cccc(O)c1. The summed E-state index contributed by atoms with van der Waals surface area (Å²) >= 11 is 0. The van der Waals surface area contributed by atoms with Crippen LogP contribution in [0, 0.1) is 0 Å². The first kappa shape index (κ1) is 12.2. The fourth-order valence-corrected chi connectivity index (χ4v) is 1.78. The minimum Gasteiger partial charge on any atom is -0.508 e. The van der Waals surface area contributed by atoms with Crippen LogP contribution in [0.2, 0.25) is 0 Å². The van der Waals surface area contributed by atoms with Crippen molar-refractivity contribution >= 4 is 11.4 Å². The van der Waals surface area contributed by atoms with E-state index in [-0.39, 0.29) is 5.75 Å². The highest BCUT2D eigenvalue weighted by molar-refractivity contribution is 5.68. The maximum Gasteiger partial charge on any atom is 0.115 e. The van der Waals surface area contributed by atoms with Crippen molar-refractivity contribution in [1.29, 1.82) is 0 Å². The first-order valence-electron chi connectivity index (χ1n) is 5.80. The van der Waals surface area contributed by atoms with E-state index in [0.29, 0.717) is 6.54 Å². The zero-order valence-corrected chi connectivity index (χ0v) is 10.6. The van der Waals surface area contributed by atoms with Crippen LogP contribution >= 0.6 is 0 Å². The number of nitrogens with zero attached hydrogens (tertiary/aromatic N) is 2. The third-order valence-corrected chi connectivity index (χ3v) is 2.67. The number of aromatic nitrogens is 1. The molecule has 0 aliphatic heterocycles. The summed E-state index contributed by atoms with van der Waals surface area (Å²) in [6, 6.07) is 9.18. The highest BCUT2D eigenvalue weighted by atomic mass is 16.3. The zero-order chi connectivity index (χ0) is 13.0. The number of rotatable bonds is 4.